The minimum atomic E-state index is -3.53. The van der Waals surface area contributed by atoms with Crippen LogP contribution in [0.1, 0.15) is 19.4 Å². The number of benzene rings is 1. The van der Waals surface area contributed by atoms with Gasteiger partial charge in [-0.3, -0.25) is 0 Å². The number of likely N-dealkylation sites (N-methyl/N-ethyl adjacent to an activating group) is 1. The van der Waals surface area contributed by atoms with E-state index in [1.165, 1.54) is 16.4 Å². The second kappa shape index (κ2) is 7.50. The summed E-state index contributed by atoms with van der Waals surface area (Å²) in [6.07, 6.45) is 7.26. The van der Waals surface area contributed by atoms with Crippen LogP contribution in [0.15, 0.2) is 70.0 Å². The van der Waals surface area contributed by atoms with E-state index in [1.807, 2.05) is 25.4 Å². The molecule has 27 heavy (non-hydrogen) atoms. The molecule has 3 rings (SSSR count). The summed E-state index contributed by atoms with van der Waals surface area (Å²) in [4.78, 5) is 18.5. The molecule has 0 spiro atoms. The van der Waals surface area contributed by atoms with Gasteiger partial charge >= 0.3 is 5.97 Å². The van der Waals surface area contributed by atoms with E-state index in [2.05, 4.69) is 4.99 Å². The first kappa shape index (κ1) is 19.1. The van der Waals surface area contributed by atoms with Gasteiger partial charge in [0.15, 0.2) is 5.70 Å². The normalized spacial score (nSPS) is 19.6. The predicted molar refractivity (Wildman–Crippen MR) is 102 cm³/mol. The summed E-state index contributed by atoms with van der Waals surface area (Å²) in [5, 5.41) is 0. The maximum Gasteiger partial charge on any atom is 0.366 e. The van der Waals surface area contributed by atoms with Crippen molar-refractivity contribution in [2.75, 3.05) is 20.1 Å². The van der Waals surface area contributed by atoms with Gasteiger partial charge in [0.25, 0.3) is 0 Å². The molecule has 0 aliphatic carbocycles. The highest BCUT2D eigenvalue weighted by atomic mass is 32.2. The van der Waals surface area contributed by atoms with Gasteiger partial charge in [0, 0.05) is 31.9 Å². The third kappa shape index (κ3) is 3.58. The minimum Gasteiger partial charge on any atom is -0.402 e. The van der Waals surface area contributed by atoms with Gasteiger partial charge in [-0.1, -0.05) is 19.9 Å². The van der Waals surface area contributed by atoms with Crippen molar-refractivity contribution in [1.29, 1.82) is 0 Å². The molecule has 0 aromatic heterocycles. The lowest BCUT2D eigenvalue weighted by Gasteiger charge is -2.18. The van der Waals surface area contributed by atoms with Crippen molar-refractivity contribution in [2.45, 2.75) is 18.7 Å². The smallest absolute Gasteiger partial charge is 0.366 e. The topological polar surface area (TPSA) is 79.3 Å². The summed E-state index contributed by atoms with van der Waals surface area (Å²) in [5.74, 6) is -0.378. The molecule has 0 saturated carbocycles. The third-order valence-electron chi connectivity index (χ3n) is 4.34. The monoisotopic (exact) mass is 387 g/mol. The number of carbonyl (C=O) groups is 1. The number of cyclic esters (lactones) is 1. The second-order valence-corrected chi connectivity index (χ2v) is 7.90. The number of ether oxygens (including phenoxy) is 1. The first-order valence-corrected chi connectivity index (χ1v) is 10.1. The zero-order valence-electron chi connectivity index (χ0n) is 15.4. The highest BCUT2D eigenvalue weighted by Crippen LogP contribution is 2.24. The Morgan fingerprint density at radius 3 is 2.37 bits per heavy atom. The largest absolute Gasteiger partial charge is 0.402 e. The van der Waals surface area contributed by atoms with Crippen molar-refractivity contribution in [3.05, 3.63) is 65.7 Å². The van der Waals surface area contributed by atoms with Crippen LogP contribution >= 0.6 is 0 Å². The van der Waals surface area contributed by atoms with Crippen LogP contribution in [0.5, 0.6) is 0 Å². The van der Waals surface area contributed by atoms with Crippen LogP contribution < -0.4 is 0 Å². The zero-order valence-corrected chi connectivity index (χ0v) is 16.2. The molecule has 2 heterocycles. The molecule has 0 unspecified atom stereocenters. The molecule has 0 bridgehead atoms. The van der Waals surface area contributed by atoms with Gasteiger partial charge in [-0.15, -0.1) is 0 Å². The highest BCUT2D eigenvalue weighted by molar-refractivity contribution is 7.89. The third-order valence-corrected chi connectivity index (χ3v) is 6.40. The van der Waals surface area contributed by atoms with Crippen molar-refractivity contribution in [3.63, 3.8) is 0 Å². The van der Waals surface area contributed by atoms with Gasteiger partial charge in [-0.2, -0.15) is 4.31 Å². The van der Waals surface area contributed by atoms with E-state index in [1.54, 1.807) is 37.0 Å². The number of rotatable bonds is 5. The van der Waals surface area contributed by atoms with Gasteiger partial charge in [0.1, 0.15) is 0 Å². The molecule has 0 saturated heterocycles. The molecule has 0 radical (unpaired) electrons. The van der Waals surface area contributed by atoms with Gasteiger partial charge in [-0.25, -0.2) is 18.2 Å². The Morgan fingerprint density at radius 1 is 1.11 bits per heavy atom. The lowest BCUT2D eigenvalue weighted by atomic mass is 10.2. The molecule has 0 N–H and O–H groups in total. The molecule has 2 aliphatic rings. The van der Waals surface area contributed by atoms with E-state index in [-0.39, 0.29) is 16.5 Å². The maximum atomic E-state index is 12.6. The Morgan fingerprint density at radius 2 is 1.78 bits per heavy atom. The van der Waals surface area contributed by atoms with E-state index in [0.29, 0.717) is 24.4 Å². The highest BCUT2D eigenvalue weighted by Gasteiger charge is 2.29. The predicted octanol–water partition coefficient (Wildman–Crippen LogP) is 2.25. The number of esters is 1. The summed E-state index contributed by atoms with van der Waals surface area (Å²) in [5.41, 5.74) is 1.39. The van der Waals surface area contributed by atoms with Crippen LogP contribution in [-0.4, -0.2) is 49.6 Å². The molecule has 1 aromatic rings. The Labute approximate surface area is 159 Å². The lowest BCUT2D eigenvalue weighted by Crippen LogP contribution is -2.30. The molecule has 142 valence electrons. The van der Waals surface area contributed by atoms with E-state index < -0.39 is 16.0 Å². The first-order valence-electron chi connectivity index (χ1n) is 8.62. The van der Waals surface area contributed by atoms with E-state index >= 15 is 0 Å². The van der Waals surface area contributed by atoms with Crippen LogP contribution in [0.25, 0.3) is 0 Å². The Bertz CT molecular complexity index is 969. The summed E-state index contributed by atoms with van der Waals surface area (Å²) < 4.78 is 31.8. The van der Waals surface area contributed by atoms with Crippen LogP contribution in [0.4, 0.5) is 0 Å². The van der Waals surface area contributed by atoms with E-state index in [0.717, 1.165) is 0 Å². The molecule has 8 heteroatoms. The van der Waals surface area contributed by atoms with Crippen molar-refractivity contribution in [1.82, 2.24) is 9.21 Å². The van der Waals surface area contributed by atoms with E-state index in [4.69, 9.17) is 4.74 Å². The fourth-order valence-corrected chi connectivity index (χ4v) is 4.30. The number of nitrogens with zero attached hydrogens (tertiary/aromatic N) is 3. The fourth-order valence-electron chi connectivity index (χ4n) is 2.84. The summed E-state index contributed by atoms with van der Waals surface area (Å²) >= 11 is 0. The average Bonchev–Trinajstić information content (AvgIpc) is 3.04. The summed E-state index contributed by atoms with van der Waals surface area (Å²) in [6, 6.07) is 6.19. The molecule has 0 fully saturated rings. The fraction of sp³-hybridized carbons (Fsp3) is 0.263. The van der Waals surface area contributed by atoms with Crippen LogP contribution in [-0.2, 0) is 19.6 Å². The molecular formula is C19H21N3O4S. The van der Waals surface area contributed by atoms with Crippen molar-refractivity contribution in [3.8, 4) is 0 Å². The molecule has 0 amide bonds. The Balaban J connectivity index is 1.92. The number of hydrogen-bond donors (Lipinski definition) is 0. The molecule has 1 aromatic carbocycles. The van der Waals surface area contributed by atoms with Gasteiger partial charge in [0.2, 0.25) is 15.9 Å². The number of sulfonamides is 1. The molecule has 0 atom stereocenters. The first-order chi connectivity index (χ1) is 12.9. The Hall–Kier alpha value is -2.71. The number of hydrogen-bond acceptors (Lipinski definition) is 6. The zero-order chi connectivity index (χ0) is 19.6. The molecule has 7 nitrogen and oxygen atoms in total. The summed E-state index contributed by atoms with van der Waals surface area (Å²) in [6.45, 7) is 4.39. The summed E-state index contributed by atoms with van der Waals surface area (Å²) in [7, 11) is -1.72. The number of allylic oxidation sites excluding steroid dienone is 3. The average molecular weight is 387 g/mol. The standard InChI is InChI=1S/C19H21N3O4S/c1-4-22(5-2)27(24,25)15-11-9-14(10-12-15)18-20-17(19(23)26-18)16-8-6-7-13-21(16)3/h6-13H,4-5H2,1-3H3. The second-order valence-electron chi connectivity index (χ2n) is 5.97. The maximum absolute atomic E-state index is 12.6. The van der Waals surface area contributed by atoms with E-state index in [9.17, 15) is 13.2 Å². The SMILES string of the molecule is CCN(CC)S(=O)(=O)c1ccc(C2=NC(=C3C=CC=CN3C)C(=O)O2)cc1. The van der Waals surface area contributed by atoms with Crippen LogP contribution in [0, 0.1) is 0 Å². The molecule has 2 aliphatic heterocycles. The number of aliphatic imine (C=N–C) groups is 1. The van der Waals surface area contributed by atoms with Gasteiger partial charge in [0.05, 0.1) is 10.6 Å². The molecular weight excluding hydrogens is 366 g/mol. The quantitative estimate of drug-likeness (QED) is 0.572. The Kier molecular flexibility index (Phi) is 5.29. The number of carbonyl (C=O) groups excluding carboxylic acids is 1. The van der Waals surface area contributed by atoms with Gasteiger partial charge < -0.3 is 9.64 Å². The van der Waals surface area contributed by atoms with Crippen LogP contribution in [0.3, 0.4) is 0 Å². The van der Waals surface area contributed by atoms with Gasteiger partial charge in [-0.05, 0) is 36.4 Å². The van der Waals surface area contributed by atoms with Crippen molar-refractivity contribution >= 4 is 21.9 Å². The lowest BCUT2D eigenvalue weighted by molar-refractivity contribution is -0.130. The minimum absolute atomic E-state index is 0.158. The van der Waals surface area contributed by atoms with Crippen LogP contribution in [0.2, 0.25) is 0 Å². The van der Waals surface area contributed by atoms with Crippen molar-refractivity contribution in [2.24, 2.45) is 4.99 Å². The van der Waals surface area contributed by atoms with Crippen molar-refractivity contribution < 1.29 is 17.9 Å².